The van der Waals surface area contributed by atoms with Crippen LogP contribution in [0.25, 0.3) is 0 Å². The van der Waals surface area contributed by atoms with Crippen LogP contribution in [-0.4, -0.2) is 57.5 Å². The lowest BCUT2D eigenvalue weighted by Crippen LogP contribution is -2.44. The maximum atomic E-state index is 8.63. The highest BCUT2D eigenvalue weighted by molar-refractivity contribution is 4.60. The number of aliphatic hydroxyl groups excluding tert-OH is 1. The molecule has 0 spiro atoms. The van der Waals surface area contributed by atoms with E-state index in [1.807, 2.05) is 6.92 Å². The van der Waals surface area contributed by atoms with E-state index in [-0.39, 0.29) is 13.2 Å². The van der Waals surface area contributed by atoms with Crippen LogP contribution in [0.3, 0.4) is 0 Å². The van der Waals surface area contributed by atoms with Crippen LogP contribution in [0.1, 0.15) is 13.3 Å². The maximum absolute atomic E-state index is 8.63. The quantitative estimate of drug-likeness (QED) is 0.366. The van der Waals surface area contributed by atoms with E-state index in [1.54, 1.807) is 4.90 Å². The molecule has 0 radical (unpaired) electrons. The molecule has 0 aromatic heterocycles. The fourth-order valence-corrected chi connectivity index (χ4v) is 1.03. The van der Waals surface area contributed by atoms with E-state index in [0.717, 1.165) is 6.42 Å². The third kappa shape index (κ3) is 6.51. The SMILES string of the molecule is CCCN(CCO)CC(O)(O)O. The standard InChI is InChI=1S/C7H17NO4/c1-2-3-8(4-5-9)6-7(10,11)12/h9-12H,2-6H2,1H3. The van der Waals surface area contributed by atoms with E-state index in [9.17, 15) is 0 Å². The summed E-state index contributed by atoms with van der Waals surface area (Å²) in [6.45, 7) is 2.55. The van der Waals surface area contributed by atoms with Crippen molar-refractivity contribution in [3.05, 3.63) is 0 Å². The molecule has 5 nitrogen and oxygen atoms in total. The predicted octanol–water partition coefficient (Wildman–Crippen LogP) is -1.68. The van der Waals surface area contributed by atoms with Crippen molar-refractivity contribution in [3.63, 3.8) is 0 Å². The number of rotatable bonds is 6. The van der Waals surface area contributed by atoms with Crippen molar-refractivity contribution in [2.24, 2.45) is 0 Å². The average Bonchev–Trinajstić information content (AvgIpc) is 1.84. The first-order valence-electron chi connectivity index (χ1n) is 4.00. The van der Waals surface area contributed by atoms with E-state index in [4.69, 9.17) is 20.4 Å². The Kier molecular flexibility index (Phi) is 5.36. The van der Waals surface area contributed by atoms with Gasteiger partial charge in [-0.3, -0.25) is 4.90 Å². The monoisotopic (exact) mass is 179 g/mol. The molecule has 0 saturated heterocycles. The van der Waals surface area contributed by atoms with Crippen molar-refractivity contribution in [2.45, 2.75) is 19.3 Å². The van der Waals surface area contributed by atoms with Crippen LogP contribution < -0.4 is 0 Å². The van der Waals surface area contributed by atoms with Crippen molar-refractivity contribution < 1.29 is 20.4 Å². The summed E-state index contributed by atoms with van der Waals surface area (Å²) in [7, 11) is 0. The van der Waals surface area contributed by atoms with Crippen LogP contribution in [0.4, 0.5) is 0 Å². The Labute approximate surface area is 71.9 Å². The van der Waals surface area contributed by atoms with Crippen LogP contribution >= 0.6 is 0 Å². The van der Waals surface area contributed by atoms with Crippen LogP contribution in [0, 0.1) is 0 Å². The molecule has 74 valence electrons. The van der Waals surface area contributed by atoms with Gasteiger partial charge >= 0.3 is 0 Å². The average molecular weight is 179 g/mol. The van der Waals surface area contributed by atoms with Crippen molar-refractivity contribution in [1.82, 2.24) is 4.90 Å². The van der Waals surface area contributed by atoms with E-state index in [1.165, 1.54) is 0 Å². The molecule has 12 heavy (non-hydrogen) atoms. The molecule has 0 aliphatic rings. The molecule has 0 fully saturated rings. The Morgan fingerprint density at radius 3 is 2.08 bits per heavy atom. The van der Waals surface area contributed by atoms with Gasteiger partial charge in [0, 0.05) is 6.54 Å². The van der Waals surface area contributed by atoms with Crippen molar-refractivity contribution >= 4 is 0 Å². The van der Waals surface area contributed by atoms with E-state index in [2.05, 4.69) is 0 Å². The minimum Gasteiger partial charge on any atom is -0.395 e. The Bertz CT molecular complexity index is 106. The molecule has 0 unspecified atom stereocenters. The zero-order chi connectivity index (χ0) is 9.61. The fraction of sp³-hybridized carbons (Fsp3) is 1.00. The van der Waals surface area contributed by atoms with Gasteiger partial charge in [0.2, 0.25) is 0 Å². The largest absolute Gasteiger partial charge is 0.395 e. The Balaban J connectivity index is 3.77. The Morgan fingerprint density at radius 2 is 1.75 bits per heavy atom. The molecule has 0 atom stereocenters. The lowest BCUT2D eigenvalue weighted by Gasteiger charge is -2.25. The van der Waals surface area contributed by atoms with E-state index < -0.39 is 5.97 Å². The van der Waals surface area contributed by atoms with Crippen LogP contribution in [0.2, 0.25) is 0 Å². The zero-order valence-corrected chi connectivity index (χ0v) is 7.27. The molecule has 0 aromatic rings. The van der Waals surface area contributed by atoms with Crippen LogP contribution in [0.15, 0.2) is 0 Å². The van der Waals surface area contributed by atoms with Gasteiger partial charge in [0.25, 0.3) is 5.97 Å². The second kappa shape index (κ2) is 5.45. The lowest BCUT2D eigenvalue weighted by molar-refractivity contribution is -0.317. The summed E-state index contributed by atoms with van der Waals surface area (Å²) in [5.74, 6) is -2.66. The number of nitrogens with zero attached hydrogens (tertiary/aromatic N) is 1. The van der Waals surface area contributed by atoms with Gasteiger partial charge < -0.3 is 20.4 Å². The van der Waals surface area contributed by atoms with Crippen LogP contribution in [0.5, 0.6) is 0 Å². The summed E-state index contributed by atoms with van der Waals surface area (Å²) in [5.41, 5.74) is 0. The topological polar surface area (TPSA) is 84.2 Å². The van der Waals surface area contributed by atoms with Gasteiger partial charge in [-0.1, -0.05) is 6.92 Å². The highest BCUT2D eigenvalue weighted by Crippen LogP contribution is 1.99. The molecule has 0 aliphatic carbocycles. The molecule has 0 aliphatic heterocycles. The van der Waals surface area contributed by atoms with Gasteiger partial charge in [0.1, 0.15) is 0 Å². The molecule has 0 heterocycles. The normalized spacial score (nSPS) is 12.5. The molecule has 0 aromatic carbocycles. The summed E-state index contributed by atoms with van der Waals surface area (Å²) in [5, 5.41) is 34.5. The lowest BCUT2D eigenvalue weighted by atomic mass is 10.3. The second-order valence-electron chi connectivity index (χ2n) is 2.77. The second-order valence-corrected chi connectivity index (χ2v) is 2.77. The van der Waals surface area contributed by atoms with Gasteiger partial charge in [-0.05, 0) is 13.0 Å². The summed E-state index contributed by atoms with van der Waals surface area (Å²) >= 11 is 0. The first kappa shape index (κ1) is 11.8. The summed E-state index contributed by atoms with van der Waals surface area (Å²) in [6, 6.07) is 0. The number of aliphatic hydroxyl groups is 4. The molecule has 0 rings (SSSR count). The molecular formula is C7H17NO4. The Morgan fingerprint density at radius 1 is 1.17 bits per heavy atom. The third-order valence-corrected chi connectivity index (χ3v) is 1.39. The first-order valence-corrected chi connectivity index (χ1v) is 4.00. The first-order chi connectivity index (χ1) is 5.49. The minimum atomic E-state index is -2.66. The number of hydrogen-bond donors (Lipinski definition) is 4. The summed E-state index contributed by atoms with van der Waals surface area (Å²) in [4.78, 5) is 1.57. The van der Waals surface area contributed by atoms with Crippen molar-refractivity contribution in [1.29, 1.82) is 0 Å². The smallest absolute Gasteiger partial charge is 0.288 e. The summed E-state index contributed by atoms with van der Waals surface area (Å²) < 4.78 is 0. The highest BCUT2D eigenvalue weighted by atomic mass is 16.7. The van der Waals surface area contributed by atoms with Gasteiger partial charge in [-0.15, -0.1) is 0 Å². The molecule has 0 amide bonds. The van der Waals surface area contributed by atoms with E-state index in [0.29, 0.717) is 13.1 Å². The Hall–Kier alpha value is -0.200. The maximum Gasteiger partial charge on any atom is 0.288 e. The van der Waals surface area contributed by atoms with E-state index >= 15 is 0 Å². The molecular weight excluding hydrogens is 162 g/mol. The third-order valence-electron chi connectivity index (χ3n) is 1.39. The van der Waals surface area contributed by atoms with Gasteiger partial charge in [-0.2, -0.15) is 0 Å². The fourth-order valence-electron chi connectivity index (χ4n) is 1.03. The highest BCUT2D eigenvalue weighted by Gasteiger charge is 2.21. The van der Waals surface area contributed by atoms with Crippen LogP contribution in [-0.2, 0) is 0 Å². The number of hydrogen-bond acceptors (Lipinski definition) is 5. The molecule has 0 saturated carbocycles. The minimum absolute atomic E-state index is 0.0594. The molecule has 0 bridgehead atoms. The van der Waals surface area contributed by atoms with Crippen molar-refractivity contribution in [2.75, 3.05) is 26.2 Å². The van der Waals surface area contributed by atoms with Crippen molar-refractivity contribution in [3.8, 4) is 0 Å². The van der Waals surface area contributed by atoms with Gasteiger partial charge in [0.05, 0.1) is 13.2 Å². The van der Waals surface area contributed by atoms with Gasteiger partial charge in [-0.25, -0.2) is 0 Å². The zero-order valence-electron chi connectivity index (χ0n) is 7.27. The molecule has 5 heteroatoms. The summed E-state index contributed by atoms with van der Waals surface area (Å²) in [6.07, 6.45) is 0.829. The van der Waals surface area contributed by atoms with Gasteiger partial charge in [0.15, 0.2) is 0 Å². The molecule has 4 N–H and O–H groups in total. The predicted molar refractivity (Wildman–Crippen MR) is 43.2 cm³/mol.